The van der Waals surface area contributed by atoms with Crippen LogP contribution in [0.15, 0.2) is 4.99 Å². The molecular formula is C18H32N4O2. The summed E-state index contributed by atoms with van der Waals surface area (Å²) in [6, 6.07) is 0. The zero-order chi connectivity index (χ0) is 16.8. The van der Waals surface area contributed by atoms with Crippen molar-refractivity contribution in [2.75, 3.05) is 45.9 Å². The van der Waals surface area contributed by atoms with E-state index in [2.05, 4.69) is 22.5 Å². The van der Waals surface area contributed by atoms with E-state index in [0.29, 0.717) is 5.41 Å². The number of rotatable bonds is 6. The van der Waals surface area contributed by atoms with Gasteiger partial charge in [-0.2, -0.15) is 0 Å². The van der Waals surface area contributed by atoms with Crippen molar-refractivity contribution in [1.29, 1.82) is 0 Å². The van der Waals surface area contributed by atoms with Crippen LogP contribution in [0, 0.1) is 11.3 Å². The molecule has 0 aromatic rings. The molecule has 0 bridgehead atoms. The first-order valence-electron chi connectivity index (χ1n) is 9.61. The number of nitrogens with zero attached hydrogens (tertiary/aromatic N) is 2. The zero-order valence-electron chi connectivity index (χ0n) is 15.0. The van der Waals surface area contributed by atoms with Crippen LogP contribution in [0.2, 0.25) is 0 Å². The Hall–Kier alpha value is -1.30. The molecule has 1 unspecified atom stereocenters. The molecule has 2 N–H and O–H groups in total. The van der Waals surface area contributed by atoms with Gasteiger partial charge >= 0.3 is 0 Å². The van der Waals surface area contributed by atoms with Crippen molar-refractivity contribution in [3.8, 4) is 0 Å². The van der Waals surface area contributed by atoms with Gasteiger partial charge in [-0.3, -0.25) is 9.79 Å². The summed E-state index contributed by atoms with van der Waals surface area (Å²) in [6.45, 7) is 8.41. The Balaban J connectivity index is 1.41. The van der Waals surface area contributed by atoms with E-state index >= 15 is 0 Å². The van der Waals surface area contributed by atoms with Gasteiger partial charge in [0.25, 0.3) is 0 Å². The van der Waals surface area contributed by atoms with Crippen LogP contribution in [0.25, 0.3) is 0 Å². The fourth-order valence-corrected chi connectivity index (χ4v) is 3.80. The van der Waals surface area contributed by atoms with Crippen LogP contribution in [-0.4, -0.2) is 62.7 Å². The lowest BCUT2D eigenvalue weighted by Crippen LogP contribution is -2.41. The van der Waals surface area contributed by atoms with Crippen molar-refractivity contribution < 1.29 is 9.53 Å². The van der Waals surface area contributed by atoms with Gasteiger partial charge in [-0.15, -0.1) is 0 Å². The molecule has 2 saturated heterocycles. The number of hydrogen-bond acceptors (Lipinski definition) is 3. The zero-order valence-corrected chi connectivity index (χ0v) is 15.0. The highest BCUT2D eigenvalue weighted by atomic mass is 16.5. The summed E-state index contributed by atoms with van der Waals surface area (Å²) in [7, 11) is 0. The molecule has 6 heteroatoms. The van der Waals surface area contributed by atoms with E-state index in [0.717, 1.165) is 71.2 Å². The summed E-state index contributed by atoms with van der Waals surface area (Å²) in [5.74, 6) is 1.53. The lowest BCUT2D eigenvalue weighted by atomic mass is 9.85. The Morgan fingerprint density at radius 2 is 2.21 bits per heavy atom. The average molecular weight is 336 g/mol. The number of carbonyl (C=O) groups is 1. The molecule has 0 aromatic heterocycles. The maximum atomic E-state index is 11.8. The average Bonchev–Trinajstić information content (AvgIpc) is 3.15. The Labute approximate surface area is 145 Å². The van der Waals surface area contributed by atoms with Gasteiger partial charge in [0.15, 0.2) is 5.96 Å². The highest BCUT2D eigenvalue weighted by molar-refractivity contribution is 5.80. The van der Waals surface area contributed by atoms with Crippen molar-refractivity contribution >= 4 is 11.9 Å². The van der Waals surface area contributed by atoms with E-state index in [1.54, 1.807) is 0 Å². The van der Waals surface area contributed by atoms with Crippen LogP contribution in [0.1, 0.15) is 45.4 Å². The molecule has 3 aliphatic rings. The van der Waals surface area contributed by atoms with Gasteiger partial charge in [-0.25, -0.2) is 0 Å². The van der Waals surface area contributed by atoms with Crippen molar-refractivity contribution in [2.24, 2.45) is 16.3 Å². The second-order valence-corrected chi connectivity index (χ2v) is 7.48. The van der Waals surface area contributed by atoms with E-state index in [4.69, 9.17) is 9.73 Å². The molecule has 1 atom stereocenters. The van der Waals surface area contributed by atoms with Crippen LogP contribution in [-0.2, 0) is 9.53 Å². The molecule has 1 spiro atoms. The predicted octanol–water partition coefficient (Wildman–Crippen LogP) is 1.37. The van der Waals surface area contributed by atoms with Crippen molar-refractivity contribution in [1.82, 2.24) is 15.5 Å². The summed E-state index contributed by atoms with van der Waals surface area (Å²) < 4.78 is 5.61. The van der Waals surface area contributed by atoms with E-state index in [9.17, 15) is 4.79 Å². The topological polar surface area (TPSA) is 66.0 Å². The summed E-state index contributed by atoms with van der Waals surface area (Å²) in [5, 5.41) is 6.46. The van der Waals surface area contributed by atoms with Gasteiger partial charge in [-0.1, -0.05) is 6.42 Å². The predicted molar refractivity (Wildman–Crippen MR) is 95.0 cm³/mol. The third kappa shape index (κ3) is 4.21. The molecular weight excluding hydrogens is 304 g/mol. The number of nitrogens with one attached hydrogen (secondary N) is 2. The van der Waals surface area contributed by atoms with Gasteiger partial charge in [0, 0.05) is 50.7 Å². The number of ether oxygens (including phenoxy) is 1. The second-order valence-electron chi connectivity index (χ2n) is 7.48. The van der Waals surface area contributed by atoms with E-state index in [1.807, 2.05) is 0 Å². The van der Waals surface area contributed by atoms with E-state index in [1.165, 1.54) is 19.3 Å². The molecule has 24 heavy (non-hydrogen) atoms. The maximum absolute atomic E-state index is 11.8. The smallest absolute Gasteiger partial charge is 0.223 e. The third-order valence-corrected chi connectivity index (χ3v) is 5.63. The van der Waals surface area contributed by atoms with Crippen LogP contribution in [0.3, 0.4) is 0 Å². The Morgan fingerprint density at radius 3 is 2.88 bits per heavy atom. The molecule has 3 rings (SSSR count). The largest absolute Gasteiger partial charge is 0.381 e. The number of guanidine groups is 1. The molecule has 1 amide bonds. The Kier molecular flexibility index (Phi) is 5.98. The lowest BCUT2D eigenvalue weighted by molar-refractivity contribution is -0.127. The highest BCUT2D eigenvalue weighted by Gasteiger charge is 2.42. The van der Waals surface area contributed by atoms with Crippen molar-refractivity contribution in [2.45, 2.75) is 45.4 Å². The van der Waals surface area contributed by atoms with Gasteiger partial charge in [-0.05, 0) is 39.0 Å². The quantitative estimate of drug-likeness (QED) is 0.437. The normalized spacial score (nSPS) is 27.5. The minimum Gasteiger partial charge on any atom is -0.381 e. The summed E-state index contributed by atoms with van der Waals surface area (Å²) in [6.07, 6.45) is 6.61. The van der Waals surface area contributed by atoms with Crippen molar-refractivity contribution in [3.63, 3.8) is 0 Å². The second kappa shape index (κ2) is 8.19. The first-order valence-corrected chi connectivity index (χ1v) is 9.61. The molecule has 2 heterocycles. The van der Waals surface area contributed by atoms with Gasteiger partial charge in [0.1, 0.15) is 0 Å². The SMILES string of the molecule is CCNC(=NCCCNC(=O)C1CCC1)N1CCC2(CCOC2)C1. The van der Waals surface area contributed by atoms with Gasteiger partial charge in [0.2, 0.25) is 5.91 Å². The Morgan fingerprint density at radius 1 is 1.33 bits per heavy atom. The number of likely N-dealkylation sites (tertiary alicyclic amines) is 1. The third-order valence-electron chi connectivity index (χ3n) is 5.63. The first-order chi connectivity index (χ1) is 11.7. The lowest BCUT2D eigenvalue weighted by Gasteiger charge is -2.25. The Bertz CT molecular complexity index is 456. The van der Waals surface area contributed by atoms with Gasteiger partial charge in [0.05, 0.1) is 6.61 Å². The fourth-order valence-electron chi connectivity index (χ4n) is 3.80. The number of amides is 1. The molecule has 3 fully saturated rings. The summed E-state index contributed by atoms with van der Waals surface area (Å²) in [4.78, 5) is 18.9. The molecule has 1 saturated carbocycles. The van der Waals surface area contributed by atoms with E-state index < -0.39 is 0 Å². The number of carbonyl (C=O) groups excluding carboxylic acids is 1. The summed E-state index contributed by atoms with van der Waals surface area (Å²) in [5.41, 5.74) is 0.354. The number of aliphatic imine (C=N–C) groups is 1. The molecule has 0 aromatic carbocycles. The monoisotopic (exact) mass is 336 g/mol. The van der Waals surface area contributed by atoms with Crippen molar-refractivity contribution in [3.05, 3.63) is 0 Å². The summed E-state index contributed by atoms with van der Waals surface area (Å²) >= 11 is 0. The van der Waals surface area contributed by atoms with Gasteiger partial charge < -0.3 is 20.3 Å². The number of hydrogen-bond donors (Lipinski definition) is 2. The van der Waals surface area contributed by atoms with E-state index in [-0.39, 0.29) is 11.8 Å². The molecule has 2 aliphatic heterocycles. The molecule has 136 valence electrons. The van der Waals surface area contributed by atoms with Crippen LogP contribution >= 0.6 is 0 Å². The standard InChI is InChI=1S/C18H32N4O2/c1-2-19-17(22-11-7-18(13-22)8-12-24-14-18)21-10-4-9-20-16(23)15-5-3-6-15/h15H,2-14H2,1H3,(H,19,21)(H,20,23). The first kappa shape index (κ1) is 17.5. The maximum Gasteiger partial charge on any atom is 0.223 e. The minimum absolute atomic E-state index is 0.236. The molecule has 1 aliphatic carbocycles. The van der Waals surface area contributed by atoms with Crippen LogP contribution in [0.4, 0.5) is 0 Å². The minimum atomic E-state index is 0.236. The highest BCUT2D eigenvalue weighted by Crippen LogP contribution is 2.38. The molecule has 6 nitrogen and oxygen atoms in total. The van der Waals surface area contributed by atoms with Crippen LogP contribution < -0.4 is 10.6 Å². The van der Waals surface area contributed by atoms with Crippen LogP contribution in [0.5, 0.6) is 0 Å². The molecule has 0 radical (unpaired) electrons. The fraction of sp³-hybridized carbons (Fsp3) is 0.889.